The van der Waals surface area contributed by atoms with E-state index in [1.807, 2.05) is 67.6 Å². The van der Waals surface area contributed by atoms with Crippen LogP contribution in [0.4, 0.5) is 4.79 Å². The number of hydrogen-bond donors (Lipinski definition) is 4. The Kier molecular flexibility index (Phi) is 11.1. The topological polar surface area (TPSA) is 155 Å². The summed E-state index contributed by atoms with van der Waals surface area (Å²) in [5.74, 6) is -2.56. The Bertz CT molecular complexity index is 1610. The highest BCUT2D eigenvalue weighted by Gasteiger charge is 2.54. The second kappa shape index (κ2) is 15.1. The first-order valence-electron chi connectivity index (χ1n) is 16.6. The molecule has 0 aromatic heterocycles. The van der Waals surface area contributed by atoms with Gasteiger partial charge in [-0.25, -0.2) is 4.79 Å². The first-order valence-corrected chi connectivity index (χ1v) is 17.4. The van der Waals surface area contributed by atoms with Crippen molar-refractivity contribution in [3.8, 4) is 0 Å². The first-order chi connectivity index (χ1) is 23.3. The molecule has 1 unspecified atom stereocenters. The molecule has 2 aliphatic heterocycles. The first kappa shape index (κ1) is 36.1. The van der Waals surface area contributed by atoms with E-state index in [0.717, 1.165) is 28.4 Å². The minimum atomic E-state index is -1.10. The monoisotopic (exact) mass is 737 g/mol. The predicted octanol–water partition coefficient (Wildman–Crippen LogP) is 4.14. The molecule has 0 bridgehead atoms. The molecule has 2 heterocycles. The van der Waals surface area contributed by atoms with Gasteiger partial charge in [0, 0.05) is 22.5 Å². The molecule has 12 nitrogen and oxygen atoms in total. The number of hydrogen-bond acceptors (Lipinski definition) is 8. The lowest BCUT2D eigenvalue weighted by Crippen LogP contribution is -2.59. The second-order valence-electron chi connectivity index (χ2n) is 14.0. The van der Waals surface area contributed by atoms with Crippen molar-refractivity contribution in [2.45, 2.75) is 96.2 Å². The number of rotatable bonds is 12. The van der Waals surface area contributed by atoms with Crippen molar-refractivity contribution in [2.75, 3.05) is 6.54 Å². The fraction of sp³-hybridized carbons (Fsp3) is 0.472. The highest BCUT2D eigenvalue weighted by atomic mass is 79.9. The molecule has 49 heavy (non-hydrogen) atoms. The maximum absolute atomic E-state index is 14.5. The molecule has 2 aromatic rings. The minimum absolute atomic E-state index is 0.0133. The number of ketones is 1. The van der Waals surface area contributed by atoms with Gasteiger partial charge in [0.15, 0.2) is 0 Å². The van der Waals surface area contributed by atoms with Crippen molar-refractivity contribution in [2.24, 2.45) is 5.41 Å². The number of benzene rings is 2. The van der Waals surface area contributed by atoms with Crippen molar-refractivity contribution in [3.63, 3.8) is 0 Å². The van der Waals surface area contributed by atoms with E-state index in [0.29, 0.717) is 12.1 Å². The van der Waals surface area contributed by atoms with E-state index in [4.69, 9.17) is 9.57 Å². The number of nitrogens with one attached hydrogen (secondary N) is 4. The Hall–Kier alpha value is -4.23. The molecule has 1 spiro atoms. The van der Waals surface area contributed by atoms with Gasteiger partial charge in [0.05, 0.1) is 18.3 Å². The SMILES string of the molecule is CCC[C@H](NC(=O)[C@@H]1C[C@]2(C=C(c3cccc(Br)c3)NO2)CN1C(=O)C(NC(=O)OCc1ccccc1)C(C)(C)C)C(=O)C(=O)NC1CC1. The largest absolute Gasteiger partial charge is 0.445 e. The van der Waals surface area contributed by atoms with Crippen LogP contribution in [0.3, 0.4) is 0 Å². The molecule has 4 atom stereocenters. The zero-order chi connectivity index (χ0) is 35.3. The number of alkyl carbamates (subject to hydrolysis) is 1. The normalized spacial score (nSPS) is 21.3. The van der Waals surface area contributed by atoms with Gasteiger partial charge >= 0.3 is 6.09 Å². The van der Waals surface area contributed by atoms with E-state index in [-0.39, 0.29) is 32.0 Å². The molecule has 0 radical (unpaired) electrons. The van der Waals surface area contributed by atoms with Crippen LogP contribution in [0.15, 0.2) is 65.1 Å². The zero-order valence-corrected chi connectivity index (χ0v) is 29.8. The summed E-state index contributed by atoms with van der Waals surface area (Å²) in [6, 6.07) is 13.5. The van der Waals surface area contributed by atoms with Gasteiger partial charge in [-0.2, -0.15) is 0 Å². The Labute approximate surface area is 294 Å². The fourth-order valence-corrected chi connectivity index (χ4v) is 6.39. The lowest BCUT2D eigenvalue weighted by Gasteiger charge is -2.35. The second-order valence-corrected chi connectivity index (χ2v) is 14.9. The highest BCUT2D eigenvalue weighted by molar-refractivity contribution is 9.10. The van der Waals surface area contributed by atoms with E-state index in [2.05, 4.69) is 37.4 Å². The van der Waals surface area contributed by atoms with Crippen LogP contribution in [0.2, 0.25) is 0 Å². The van der Waals surface area contributed by atoms with Gasteiger partial charge in [0.1, 0.15) is 24.3 Å². The van der Waals surface area contributed by atoms with Crippen molar-refractivity contribution in [1.29, 1.82) is 0 Å². The molecule has 1 saturated carbocycles. The van der Waals surface area contributed by atoms with Crippen LogP contribution in [0, 0.1) is 5.41 Å². The average Bonchev–Trinajstić information content (AvgIpc) is 3.66. The van der Waals surface area contributed by atoms with E-state index >= 15 is 0 Å². The number of hydroxylamine groups is 1. The van der Waals surface area contributed by atoms with Crippen LogP contribution in [-0.2, 0) is 35.4 Å². The van der Waals surface area contributed by atoms with Crippen LogP contribution in [0.25, 0.3) is 5.70 Å². The maximum atomic E-state index is 14.5. The zero-order valence-electron chi connectivity index (χ0n) is 28.2. The summed E-state index contributed by atoms with van der Waals surface area (Å²) >= 11 is 3.49. The summed E-state index contributed by atoms with van der Waals surface area (Å²) in [7, 11) is 0. The van der Waals surface area contributed by atoms with Gasteiger partial charge in [0.2, 0.25) is 17.6 Å². The number of carbonyl (C=O) groups excluding carboxylic acids is 5. The summed E-state index contributed by atoms with van der Waals surface area (Å²) in [5.41, 5.74) is 3.38. The van der Waals surface area contributed by atoms with Crippen LogP contribution in [-0.4, -0.2) is 70.8 Å². The quantitative estimate of drug-likeness (QED) is 0.237. The molecule has 1 saturated heterocycles. The minimum Gasteiger partial charge on any atom is -0.445 e. The number of nitrogens with zero attached hydrogens (tertiary/aromatic N) is 1. The van der Waals surface area contributed by atoms with E-state index in [1.165, 1.54) is 4.90 Å². The molecular formula is C36H44BrN5O7. The Morgan fingerprint density at radius 1 is 1.06 bits per heavy atom. The number of likely N-dealkylation sites (tertiary alicyclic amines) is 1. The molecule has 2 aromatic carbocycles. The van der Waals surface area contributed by atoms with Crippen LogP contribution in [0.5, 0.6) is 0 Å². The summed E-state index contributed by atoms with van der Waals surface area (Å²) in [6.45, 7) is 7.27. The molecule has 2 fully saturated rings. The van der Waals surface area contributed by atoms with Gasteiger partial charge in [-0.15, -0.1) is 0 Å². The maximum Gasteiger partial charge on any atom is 0.408 e. The fourth-order valence-electron chi connectivity index (χ4n) is 5.99. The molecular weight excluding hydrogens is 694 g/mol. The van der Waals surface area contributed by atoms with Crippen molar-refractivity contribution in [1.82, 2.24) is 26.3 Å². The smallest absolute Gasteiger partial charge is 0.408 e. The molecule has 3 aliphatic rings. The van der Waals surface area contributed by atoms with Crippen LogP contribution >= 0.6 is 15.9 Å². The number of Topliss-reactive ketones (excluding diaryl/α,β-unsaturated/α-hetero) is 1. The summed E-state index contributed by atoms with van der Waals surface area (Å²) in [6.07, 6.45) is 3.56. The van der Waals surface area contributed by atoms with Gasteiger partial charge in [-0.05, 0) is 48.4 Å². The number of amides is 4. The standard InChI is InChI=1S/C36H44BrN5O7/c1-5-10-26(29(43)32(45)38-25-15-16-25)39-31(44)28-19-36(18-27(41-49-36)23-13-9-14-24(37)17-23)21-42(28)33(46)30(35(2,3)4)40-34(47)48-20-22-11-7-6-8-12-22/h6-9,11-14,17-18,25-26,28,30,41H,5,10,15-16,19-21H2,1-4H3,(H,38,45)(H,39,44)(H,40,47)/t26-,28-,30?,36+/m0/s1. The molecule has 4 amide bonds. The van der Waals surface area contributed by atoms with Crippen molar-refractivity contribution in [3.05, 3.63) is 76.3 Å². The van der Waals surface area contributed by atoms with Crippen LogP contribution in [0.1, 0.15) is 70.9 Å². The number of ether oxygens (including phenoxy) is 1. The Morgan fingerprint density at radius 3 is 2.45 bits per heavy atom. The average molecular weight is 739 g/mol. The number of carbonyl (C=O) groups is 5. The molecule has 4 N–H and O–H groups in total. The van der Waals surface area contributed by atoms with E-state index in [9.17, 15) is 24.0 Å². The Balaban J connectivity index is 1.40. The summed E-state index contributed by atoms with van der Waals surface area (Å²) < 4.78 is 6.31. The third-order valence-electron chi connectivity index (χ3n) is 8.78. The lowest BCUT2D eigenvalue weighted by atomic mass is 9.85. The Morgan fingerprint density at radius 2 is 1.80 bits per heavy atom. The van der Waals surface area contributed by atoms with Gasteiger partial charge in [-0.1, -0.05) is 92.5 Å². The lowest BCUT2D eigenvalue weighted by molar-refractivity contribution is -0.144. The predicted molar refractivity (Wildman–Crippen MR) is 185 cm³/mol. The van der Waals surface area contributed by atoms with Gasteiger partial charge in [0.25, 0.3) is 5.91 Å². The highest BCUT2D eigenvalue weighted by Crippen LogP contribution is 2.39. The van der Waals surface area contributed by atoms with Crippen molar-refractivity contribution < 1.29 is 33.5 Å². The summed E-state index contributed by atoms with van der Waals surface area (Å²) in [5, 5.41) is 8.21. The van der Waals surface area contributed by atoms with Gasteiger partial charge < -0.3 is 25.6 Å². The van der Waals surface area contributed by atoms with Crippen molar-refractivity contribution >= 4 is 51.2 Å². The number of halogens is 1. The molecule has 262 valence electrons. The molecule has 13 heteroatoms. The third-order valence-corrected chi connectivity index (χ3v) is 9.27. The third kappa shape index (κ3) is 9.07. The molecule has 1 aliphatic carbocycles. The van der Waals surface area contributed by atoms with Crippen LogP contribution < -0.4 is 21.4 Å². The van der Waals surface area contributed by atoms with Gasteiger partial charge in [-0.3, -0.25) is 29.5 Å². The van der Waals surface area contributed by atoms with E-state index in [1.54, 1.807) is 20.8 Å². The molecule has 5 rings (SSSR count). The van der Waals surface area contributed by atoms with E-state index < -0.39 is 58.7 Å². The summed E-state index contributed by atoms with van der Waals surface area (Å²) in [4.78, 5) is 74.9.